The summed E-state index contributed by atoms with van der Waals surface area (Å²) < 4.78 is 5.02. The zero-order chi connectivity index (χ0) is 12.5. The summed E-state index contributed by atoms with van der Waals surface area (Å²) >= 11 is 0. The fourth-order valence-electron chi connectivity index (χ4n) is 1.96. The van der Waals surface area contributed by atoms with E-state index < -0.39 is 0 Å². The highest BCUT2D eigenvalue weighted by atomic mass is 16.2. The van der Waals surface area contributed by atoms with E-state index in [0.29, 0.717) is 18.7 Å². The first-order valence-corrected chi connectivity index (χ1v) is 5.77. The molecule has 0 amide bonds. The molecule has 0 spiro atoms. The fraction of sp³-hybridized carbons (Fsp3) is 0.250. The highest BCUT2D eigenvalue weighted by Gasteiger charge is 2.05. The van der Waals surface area contributed by atoms with Gasteiger partial charge in [-0.1, -0.05) is 6.07 Å². The van der Waals surface area contributed by atoms with E-state index in [0.717, 1.165) is 5.82 Å². The molecular formula is C12H13N5O. The highest BCUT2D eigenvalue weighted by Crippen LogP contribution is 1.98. The van der Waals surface area contributed by atoms with Crippen molar-refractivity contribution in [3.63, 3.8) is 0 Å². The quantitative estimate of drug-likeness (QED) is 0.680. The second-order valence-electron chi connectivity index (χ2n) is 4.10. The van der Waals surface area contributed by atoms with Gasteiger partial charge in [0, 0.05) is 25.1 Å². The van der Waals surface area contributed by atoms with E-state index >= 15 is 0 Å². The van der Waals surface area contributed by atoms with Crippen LogP contribution in [0.2, 0.25) is 0 Å². The molecule has 3 rings (SSSR count). The Labute approximate surface area is 103 Å². The Balaban J connectivity index is 1.89. The number of aromatic nitrogens is 5. The van der Waals surface area contributed by atoms with Crippen LogP contribution in [0.1, 0.15) is 5.82 Å². The van der Waals surface area contributed by atoms with Crippen molar-refractivity contribution >= 4 is 5.65 Å². The van der Waals surface area contributed by atoms with Gasteiger partial charge < -0.3 is 4.57 Å². The largest absolute Gasteiger partial charge is 0.350 e. The molecule has 0 aliphatic rings. The number of hydrogen-bond donors (Lipinski definition) is 0. The molecule has 0 bridgehead atoms. The van der Waals surface area contributed by atoms with Gasteiger partial charge in [-0.3, -0.25) is 4.40 Å². The molecule has 3 aromatic heterocycles. The predicted molar refractivity (Wildman–Crippen MR) is 66.4 cm³/mol. The topological polar surface area (TPSA) is 57.1 Å². The van der Waals surface area contributed by atoms with Crippen molar-refractivity contribution < 1.29 is 0 Å². The number of aryl methyl sites for hydroxylation is 3. The first-order chi connectivity index (χ1) is 8.75. The Morgan fingerprint density at radius 1 is 1.22 bits per heavy atom. The molecule has 3 heterocycles. The Morgan fingerprint density at radius 3 is 2.83 bits per heavy atom. The maximum Gasteiger partial charge on any atom is 0.350 e. The summed E-state index contributed by atoms with van der Waals surface area (Å²) in [6, 6.07) is 5.51. The van der Waals surface area contributed by atoms with E-state index in [4.69, 9.17) is 0 Å². The van der Waals surface area contributed by atoms with Gasteiger partial charge in [0.25, 0.3) is 0 Å². The highest BCUT2D eigenvalue weighted by molar-refractivity contribution is 5.35. The van der Waals surface area contributed by atoms with Crippen molar-refractivity contribution in [1.29, 1.82) is 0 Å². The SMILES string of the molecule is Cc1nccn1CCn1nc2ccccn2c1=O. The summed E-state index contributed by atoms with van der Waals surface area (Å²) in [4.78, 5) is 16.2. The van der Waals surface area contributed by atoms with Gasteiger partial charge >= 0.3 is 5.69 Å². The summed E-state index contributed by atoms with van der Waals surface area (Å²) in [6.07, 6.45) is 5.38. The van der Waals surface area contributed by atoms with Crippen molar-refractivity contribution in [3.8, 4) is 0 Å². The normalized spacial score (nSPS) is 11.2. The molecule has 6 heteroatoms. The molecule has 0 unspecified atom stereocenters. The molecule has 18 heavy (non-hydrogen) atoms. The van der Waals surface area contributed by atoms with E-state index in [2.05, 4.69) is 10.1 Å². The van der Waals surface area contributed by atoms with E-state index in [1.54, 1.807) is 16.8 Å². The number of pyridine rings is 1. The van der Waals surface area contributed by atoms with Crippen LogP contribution in [0, 0.1) is 6.92 Å². The molecule has 0 saturated heterocycles. The van der Waals surface area contributed by atoms with Gasteiger partial charge in [-0.15, -0.1) is 5.10 Å². The molecule has 0 aliphatic heterocycles. The molecule has 0 aromatic carbocycles. The third-order valence-electron chi connectivity index (χ3n) is 2.96. The standard InChI is InChI=1S/C12H13N5O/c1-10-13-5-7-15(10)8-9-17-12(18)16-6-3-2-4-11(16)14-17/h2-7H,8-9H2,1H3. The minimum atomic E-state index is -0.108. The number of rotatable bonds is 3. The first kappa shape index (κ1) is 10.8. The Kier molecular flexibility index (Phi) is 2.47. The average molecular weight is 243 g/mol. The molecule has 0 atom stereocenters. The lowest BCUT2D eigenvalue weighted by Crippen LogP contribution is -2.23. The molecule has 0 N–H and O–H groups in total. The lowest BCUT2D eigenvalue weighted by atomic mass is 10.5. The van der Waals surface area contributed by atoms with Crippen LogP contribution in [-0.4, -0.2) is 23.7 Å². The maximum atomic E-state index is 12.0. The van der Waals surface area contributed by atoms with Crippen molar-refractivity contribution in [2.24, 2.45) is 0 Å². The summed E-state index contributed by atoms with van der Waals surface area (Å²) in [5.41, 5.74) is 0.563. The van der Waals surface area contributed by atoms with E-state index in [-0.39, 0.29) is 5.69 Å². The van der Waals surface area contributed by atoms with Crippen LogP contribution < -0.4 is 5.69 Å². The van der Waals surface area contributed by atoms with Crippen molar-refractivity contribution in [3.05, 3.63) is 53.1 Å². The van der Waals surface area contributed by atoms with E-state index in [1.165, 1.54) is 4.68 Å². The van der Waals surface area contributed by atoms with Crippen molar-refractivity contribution in [2.75, 3.05) is 0 Å². The zero-order valence-electron chi connectivity index (χ0n) is 10.0. The zero-order valence-corrected chi connectivity index (χ0v) is 10.0. The Bertz CT molecular complexity index is 736. The summed E-state index contributed by atoms with van der Waals surface area (Å²) in [5.74, 6) is 0.937. The molecule has 3 aromatic rings. The molecule has 92 valence electrons. The van der Waals surface area contributed by atoms with Gasteiger partial charge in [0.2, 0.25) is 0 Å². The number of nitrogens with zero attached hydrogens (tertiary/aromatic N) is 5. The van der Waals surface area contributed by atoms with Crippen LogP contribution in [0.15, 0.2) is 41.6 Å². The number of hydrogen-bond acceptors (Lipinski definition) is 3. The van der Waals surface area contributed by atoms with E-state index in [9.17, 15) is 4.79 Å². The van der Waals surface area contributed by atoms with Crippen LogP contribution in [0.25, 0.3) is 5.65 Å². The first-order valence-electron chi connectivity index (χ1n) is 5.77. The van der Waals surface area contributed by atoms with Gasteiger partial charge in [0.15, 0.2) is 5.65 Å². The summed E-state index contributed by atoms with van der Waals surface area (Å²) in [7, 11) is 0. The second kappa shape index (κ2) is 4.14. The summed E-state index contributed by atoms with van der Waals surface area (Å²) in [5, 5.41) is 4.27. The van der Waals surface area contributed by atoms with Gasteiger partial charge in [-0.2, -0.15) is 0 Å². The van der Waals surface area contributed by atoms with Crippen LogP contribution in [0.5, 0.6) is 0 Å². The molecular weight excluding hydrogens is 230 g/mol. The predicted octanol–water partition coefficient (Wildman–Crippen LogP) is 0.701. The van der Waals surface area contributed by atoms with Gasteiger partial charge in [0.1, 0.15) is 5.82 Å². The van der Waals surface area contributed by atoms with E-state index in [1.807, 2.05) is 35.9 Å². The van der Waals surface area contributed by atoms with Crippen molar-refractivity contribution in [1.82, 2.24) is 23.7 Å². The second-order valence-corrected chi connectivity index (χ2v) is 4.10. The molecule has 6 nitrogen and oxygen atoms in total. The Morgan fingerprint density at radius 2 is 2.11 bits per heavy atom. The average Bonchev–Trinajstić information content (AvgIpc) is 2.92. The third-order valence-corrected chi connectivity index (χ3v) is 2.96. The summed E-state index contributed by atoms with van der Waals surface area (Å²) in [6.45, 7) is 3.17. The minimum Gasteiger partial charge on any atom is -0.333 e. The van der Waals surface area contributed by atoms with Gasteiger partial charge in [-0.25, -0.2) is 14.5 Å². The van der Waals surface area contributed by atoms with Crippen LogP contribution >= 0.6 is 0 Å². The fourth-order valence-corrected chi connectivity index (χ4v) is 1.96. The van der Waals surface area contributed by atoms with Crippen LogP contribution in [0.3, 0.4) is 0 Å². The third kappa shape index (κ3) is 1.71. The smallest absolute Gasteiger partial charge is 0.333 e. The molecule has 0 radical (unpaired) electrons. The molecule has 0 aliphatic carbocycles. The van der Waals surface area contributed by atoms with Crippen LogP contribution in [-0.2, 0) is 13.1 Å². The van der Waals surface area contributed by atoms with Gasteiger partial charge in [-0.05, 0) is 19.1 Å². The minimum absolute atomic E-state index is 0.108. The maximum absolute atomic E-state index is 12.0. The van der Waals surface area contributed by atoms with Crippen LogP contribution in [0.4, 0.5) is 0 Å². The van der Waals surface area contributed by atoms with Crippen molar-refractivity contribution in [2.45, 2.75) is 20.0 Å². The number of imidazole rings is 1. The molecule has 0 fully saturated rings. The lowest BCUT2D eigenvalue weighted by molar-refractivity contribution is 0.513. The van der Waals surface area contributed by atoms with Gasteiger partial charge in [0.05, 0.1) is 6.54 Å². The molecule has 0 saturated carbocycles. The monoisotopic (exact) mass is 243 g/mol. The lowest BCUT2D eigenvalue weighted by Gasteiger charge is -2.03. The number of fused-ring (bicyclic) bond motifs is 1. The Hall–Kier alpha value is -2.37.